The third kappa shape index (κ3) is 3.72. The van der Waals surface area contributed by atoms with Crippen LogP contribution in [-0.4, -0.2) is 54.8 Å². The number of aromatic nitrogens is 3. The number of piperidine rings is 1. The SMILES string of the molecule is COc1nc(OC)nc(N2CCC(CNC3CC3)CC2)n1. The topological polar surface area (TPSA) is 72.4 Å². The summed E-state index contributed by atoms with van der Waals surface area (Å²) in [5.41, 5.74) is 0. The van der Waals surface area contributed by atoms with Crippen LogP contribution in [0, 0.1) is 5.92 Å². The Bertz CT molecular complexity index is 450. The molecule has 116 valence electrons. The second kappa shape index (κ2) is 6.43. The molecule has 0 amide bonds. The van der Waals surface area contributed by atoms with Crippen molar-refractivity contribution in [3.8, 4) is 12.0 Å². The van der Waals surface area contributed by atoms with E-state index >= 15 is 0 Å². The highest BCUT2D eigenvalue weighted by molar-refractivity contribution is 5.32. The lowest BCUT2D eigenvalue weighted by molar-refractivity contribution is 0.336. The maximum absolute atomic E-state index is 5.10. The molecule has 3 rings (SSSR count). The Morgan fingerprint density at radius 1 is 1.00 bits per heavy atom. The Labute approximate surface area is 125 Å². The van der Waals surface area contributed by atoms with Crippen molar-refractivity contribution in [2.45, 2.75) is 31.7 Å². The fourth-order valence-electron chi connectivity index (χ4n) is 2.61. The summed E-state index contributed by atoms with van der Waals surface area (Å²) in [6, 6.07) is 1.39. The summed E-state index contributed by atoms with van der Waals surface area (Å²) < 4.78 is 10.2. The van der Waals surface area contributed by atoms with Gasteiger partial charge in [0, 0.05) is 19.1 Å². The molecule has 7 heteroatoms. The van der Waals surface area contributed by atoms with E-state index in [0.29, 0.717) is 18.0 Å². The zero-order valence-electron chi connectivity index (χ0n) is 12.7. The summed E-state index contributed by atoms with van der Waals surface area (Å²) in [6.45, 7) is 3.07. The lowest BCUT2D eigenvalue weighted by atomic mass is 9.97. The third-order valence-electron chi connectivity index (χ3n) is 4.12. The summed E-state index contributed by atoms with van der Waals surface area (Å²) in [6.07, 6.45) is 5.03. The smallest absolute Gasteiger partial charge is 0.324 e. The van der Waals surface area contributed by atoms with Gasteiger partial charge in [-0.25, -0.2) is 0 Å². The molecule has 1 aliphatic carbocycles. The van der Waals surface area contributed by atoms with Crippen LogP contribution in [-0.2, 0) is 0 Å². The van der Waals surface area contributed by atoms with Gasteiger partial charge in [0.1, 0.15) is 0 Å². The van der Waals surface area contributed by atoms with Crippen LogP contribution < -0.4 is 19.7 Å². The highest BCUT2D eigenvalue weighted by Crippen LogP contribution is 2.24. The number of hydrogen-bond acceptors (Lipinski definition) is 7. The molecule has 0 unspecified atom stereocenters. The number of hydrogen-bond donors (Lipinski definition) is 1. The van der Waals surface area contributed by atoms with E-state index in [0.717, 1.165) is 44.4 Å². The fraction of sp³-hybridized carbons (Fsp3) is 0.786. The molecule has 1 aromatic heterocycles. The van der Waals surface area contributed by atoms with Crippen molar-refractivity contribution in [3.05, 3.63) is 0 Å². The molecule has 7 nitrogen and oxygen atoms in total. The Balaban J connectivity index is 1.57. The zero-order valence-corrected chi connectivity index (χ0v) is 12.7. The standard InChI is InChI=1S/C14H23N5O2/c1-20-13-16-12(17-14(18-13)21-2)19-7-5-10(6-8-19)9-15-11-3-4-11/h10-11,15H,3-9H2,1-2H3. The van der Waals surface area contributed by atoms with Gasteiger partial charge < -0.3 is 19.7 Å². The van der Waals surface area contributed by atoms with Gasteiger partial charge in [0.15, 0.2) is 0 Å². The predicted molar refractivity (Wildman–Crippen MR) is 78.9 cm³/mol. The summed E-state index contributed by atoms with van der Waals surface area (Å²) in [4.78, 5) is 14.9. The van der Waals surface area contributed by atoms with Crippen molar-refractivity contribution in [1.29, 1.82) is 0 Å². The highest BCUT2D eigenvalue weighted by atomic mass is 16.5. The molecule has 0 bridgehead atoms. The molecule has 1 aromatic rings. The lowest BCUT2D eigenvalue weighted by Crippen LogP contribution is -2.38. The number of anilines is 1. The van der Waals surface area contributed by atoms with Gasteiger partial charge >= 0.3 is 12.0 Å². The minimum atomic E-state index is 0.300. The van der Waals surface area contributed by atoms with Gasteiger partial charge in [0.25, 0.3) is 0 Å². The van der Waals surface area contributed by atoms with Crippen LogP contribution in [0.2, 0.25) is 0 Å². The number of rotatable bonds is 6. The van der Waals surface area contributed by atoms with E-state index in [1.165, 1.54) is 12.8 Å². The molecular formula is C14H23N5O2. The molecule has 0 aromatic carbocycles. The first kappa shape index (κ1) is 14.3. The van der Waals surface area contributed by atoms with E-state index in [9.17, 15) is 0 Å². The first-order valence-electron chi connectivity index (χ1n) is 7.61. The zero-order chi connectivity index (χ0) is 14.7. The van der Waals surface area contributed by atoms with Gasteiger partial charge in [-0.05, 0) is 38.1 Å². The third-order valence-corrected chi connectivity index (χ3v) is 4.12. The summed E-state index contributed by atoms with van der Waals surface area (Å²) in [5.74, 6) is 1.40. The van der Waals surface area contributed by atoms with Gasteiger partial charge in [-0.2, -0.15) is 9.97 Å². The Kier molecular flexibility index (Phi) is 4.38. The molecule has 1 saturated heterocycles. The Morgan fingerprint density at radius 3 is 2.14 bits per heavy atom. The number of methoxy groups -OCH3 is 2. The lowest BCUT2D eigenvalue weighted by Gasteiger charge is -2.32. The maximum atomic E-state index is 5.10. The van der Waals surface area contributed by atoms with Gasteiger partial charge in [-0.3, -0.25) is 0 Å². The minimum Gasteiger partial charge on any atom is -0.467 e. The molecule has 1 aliphatic heterocycles. The van der Waals surface area contributed by atoms with Crippen LogP contribution in [0.1, 0.15) is 25.7 Å². The highest BCUT2D eigenvalue weighted by Gasteiger charge is 2.25. The van der Waals surface area contributed by atoms with Crippen LogP contribution in [0.4, 0.5) is 5.95 Å². The molecule has 21 heavy (non-hydrogen) atoms. The molecule has 2 fully saturated rings. The summed E-state index contributed by atoms with van der Waals surface area (Å²) in [5, 5.41) is 3.62. The van der Waals surface area contributed by atoms with Crippen molar-refractivity contribution in [1.82, 2.24) is 20.3 Å². The Morgan fingerprint density at radius 2 is 1.62 bits per heavy atom. The molecular weight excluding hydrogens is 270 g/mol. The average molecular weight is 293 g/mol. The first-order valence-corrected chi connectivity index (χ1v) is 7.61. The molecule has 2 heterocycles. The molecule has 0 radical (unpaired) electrons. The monoisotopic (exact) mass is 293 g/mol. The van der Waals surface area contributed by atoms with Crippen LogP contribution in [0.25, 0.3) is 0 Å². The molecule has 0 spiro atoms. The summed E-state index contributed by atoms with van der Waals surface area (Å²) >= 11 is 0. The van der Waals surface area contributed by atoms with Crippen LogP contribution >= 0.6 is 0 Å². The van der Waals surface area contributed by atoms with Gasteiger partial charge in [0.2, 0.25) is 5.95 Å². The van der Waals surface area contributed by atoms with E-state index in [1.54, 1.807) is 14.2 Å². The van der Waals surface area contributed by atoms with E-state index in [2.05, 4.69) is 25.2 Å². The van der Waals surface area contributed by atoms with Crippen molar-refractivity contribution < 1.29 is 9.47 Å². The van der Waals surface area contributed by atoms with Crippen molar-refractivity contribution >= 4 is 5.95 Å². The largest absolute Gasteiger partial charge is 0.467 e. The molecule has 2 aliphatic rings. The van der Waals surface area contributed by atoms with Crippen molar-refractivity contribution in [3.63, 3.8) is 0 Å². The second-order valence-corrected chi connectivity index (χ2v) is 5.72. The van der Waals surface area contributed by atoms with E-state index in [-0.39, 0.29) is 0 Å². The maximum Gasteiger partial charge on any atom is 0.324 e. The van der Waals surface area contributed by atoms with Crippen molar-refractivity contribution in [2.75, 3.05) is 38.8 Å². The number of nitrogens with zero attached hydrogens (tertiary/aromatic N) is 4. The van der Waals surface area contributed by atoms with Gasteiger partial charge in [-0.1, -0.05) is 0 Å². The molecule has 0 atom stereocenters. The number of nitrogens with one attached hydrogen (secondary N) is 1. The first-order chi connectivity index (χ1) is 10.3. The van der Waals surface area contributed by atoms with Gasteiger partial charge in [-0.15, -0.1) is 4.98 Å². The van der Waals surface area contributed by atoms with Crippen molar-refractivity contribution in [2.24, 2.45) is 5.92 Å². The van der Waals surface area contributed by atoms with Crippen LogP contribution in [0.15, 0.2) is 0 Å². The number of ether oxygens (including phenoxy) is 2. The second-order valence-electron chi connectivity index (χ2n) is 5.72. The van der Waals surface area contributed by atoms with E-state index in [1.807, 2.05) is 0 Å². The van der Waals surface area contributed by atoms with Crippen LogP contribution in [0.3, 0.4) is 0 Å². The Hall–Kier alpha value is -1.63. The minimum absolute atomic E-state index is 0.300. The molecule has 1 saturated carbocycles. The quantitative estimate of drug-likeness (QED) is 0.834. The fourth-order valence-corrected chi connectivity index (χ4v) is 2.61. The van der Waals surface area contributed by atoms with E-state index < -0.39 is 0 Å². The summed E-state index contributed by atoms with van der Waals surface area (Å²) in [7, 11) is 3.10. The average Bonchev–Trinajstić information content (AvgIpc) is 3.37. The predicted octanol–water partition coefficient (Wildman–Crippen LogP) is 0.857. The normalized spacial score (nSPS) is 19.6. The molecule has 1 N–H and O–H groups in total. The van der Waals surface area contributed by atoms with E-state index in [4.69, 9.17) is 9.47 Å². The van der Waals surface area contributed by atoms with Gasteiger partial charge in [0.05, 0.1) is 14.2 Å². The van der Waals surface area contributed by atoms with Crippen LogP contribution in [0.5, 0.6) is 12.0 Å².